The molecule has 0 amide bonds. The predicted molar refractivity (Wildman–Crippen MR) is 94.3 cm³/mol. The highest BCUT2D eigenvalue weighted by molar-refractivity contribution is 5.73. The van der Waals surface area contributed by atoms with Gasteiger partial charge in [0.15, 0.2) is 11.5 Å². The number of anilines is 1. The summed E-state index contributed by atoms with van der Waals surface area (Å²) in [7, 11) is 3.71. The molecular formula is C20H23NO2. The first-order valence-electron chi connectivity index (χ1n) is 7.77. The van der Waals surface area contributed by atoms with E-state index in [1.54, 1.807) is 7.11 Å². The average Bonchev–Trinajstić information content (AvgIpc) is 2.73. The summed E-state index contributed by atoms with van der Waals surface area (Å²) in [6.07, 6.45) is 0. The van der Waals surface area contributed by atoms with Crippen molar-refractivity contribution in [1.29, 1.82) is 0 Å². The highest BCUT2D eigenvalue weighted by atomic mass is 16.5. The summed E-state index contributed by atoms with van der Waals surface area (Å²) in [5.74, 6) is 1.52. The van der Waals surface area contributed by atoms with Crippen LogP contribution in [0, 0.1) is 0 Å². The third-order valence-corrected chi connectivity index (χ3v) is 4.68. The highest BCUT2D eigenvalue weighted by Gasteiger charge is 2.38. The Balaban J connectivity index is 1.96. The third kappa shape index (κ3) is 2.56. The molecule has 2 aromatic carbocycles. The van der Waals surface area contributed by atoms with E-state index in [0.717, 1.165) is 28.4 Å². The van der Waals surface area contributed by atoms with E-state index in [1.165, 1.54) is 5.56 Å². The van der Waals surface area contributed by atoms with E-state index in [1.807, 2.05) is 31.3 Å². The minimum absolute atomic E-state index is 0.110. The predicted octanol–water partition coefficient (Wildman–Crippen LogP) is 4.52. The largest absolute Gasteiger partial charge is 0.493 e. The Kier molecular flexibility index (Phi) is 3.80. The Hall–Kier alpha value is -2.42. The van der Waals surface area contributed by atoms with Crippen LogP contribution >= 0.6 is 0 Å². The van der Waals surface area contributed by atoms with Crippen LogP contribution in [0.15, 0.2) is 54.7 Å². The molecule has 0 fully saturated rings. The number of methoxy groups -OCH3 is 1. The number of rotatable bonds is 4. The second kappa shape index (κ2) is 5.65. The van der Waals surface area contributed by atoms with E-state index in [-0.39, 0.29) is 5.41 Å². The molecule has 0 atom stereocenters. The Morgan fingerprint density at radius 2 is 1.78 bits per heavy atom. The Morgan fingerprint density at radius 3 is 2.43 bits per heavy atom. The van der Waals surface area contributed by atoms with Gasteiger partial charge in [0.1, 0.15) is 6.61 Å². The van der Waals surface area contributed by atoms with Gasteiger partial charge in [0.05, 0.1) is 7.11 Å². The van der Waals surface area contributed by atoms with Gasteiger partial charge in [-0.25, -0.2) is 0 Å². The first-order valence-corrected chi connectivity index (χ1v) is 7.77. The van der Waals surface area contributed by atoms with E-state index in [4.69, 9.17) is 9.47 Å². The van der Waals surface area contributed by atoms with E-state index in [0.29, 0.717) is 6.61 Å². The summed E-state index contributed by atoms with van der Waals surface area (Å²) in [6, 6.07) is 14.3. The quantitative estimate of drug-likeness (QED) is 0.829. The summed E-state index contributed by atoms with van der Waals surface area (Å²) in [4.78, 5) is 2.12. The molecule has 0 saturated heterocycles. The Morgan fingerprint density at radius 1 is 1.09 bits per heavy atom. The van der Waals surface area contributed by atoms with Crippen LogP contribution in [-0.2, 0) is 12.0 Å². The SMILES string of the molecule is C=C1N(C)c2cc(OC)c(OCc3ccccc3)cc2C1(C)C. The van der Waals surface area contributed by atoms with Crippen LogP contribution in [0.5, 0.6) is 11.5 Å². The van der Waals surface area contributed by atoms with Gasteiger partial charge in [-0.15, -0.1) is 0 Å². The maximum atomic E-state index is 6.03. The summed E-state index contributed by atoms with van der Waals surface area (Å²) < 4.78 is 11.6. The van der Waals surface area contributed by atoms with Crippen LogP contribution in [-0.4, -0.2) is 14.2 Å². The topological polar surface area (TPSA) is 21.7 Å². The van der Waals surface area contributed by atoms with Crippen LogP contribution in [0.2, 0.25) is 0 Å². The number of hydrogen-bond acceptors (Lipinski definition) is 3. The van der Waals surface area contributed by atoms with Crippen molar-refractivity contribution in [3.8, 4) is 11.5 Å². The van der Waals surface area contributed by atoms with Gasteiger partial charge >= 0.3 is 0 Å². The lowest BCUT2D eigenvalue weighted by Crippen LogP contribution is -2.21. The second-order valence-electron chi connectivity index (χ2n) is 6.43. The second-order valence-corrected chi connectivity index (χ2v) is 6.43. The molecule has 23 heavy (non-hydrogen) atoms. The van der Waals surface area contributed by atoms with Gasteiger partial charge in [0.25, 0.3) is 0 Å². The average molecular weight is 309 g/mol. The maximum absolute atomic E-state index is 6.03. The molecule has 0 radical (unpaired) electrons. The molecule has 0 unspecified atom stereocenters. The number of likely N-dealkylation sites (N-methyl/N-ethyl adjacent to an activating group) is 1. The van der Waals surface area contributed by atoms with E-state index in [9.17, 15) is 0 Å². The summed E-state index contributed by atoms with van der Waals surface area (Å²) in [5.41, 5.74) is 4.45. The summed E-state index contributed by atoms with van der Waals surface area (Å²) in [6.45, 7) is 9.12. The van der Waals surface area contributed by atoms with E-state index in [2.05, 4.69) is 43.5 Å². The molecule has 1 heterocycles. The maximum Gasteiger partial charge on any atom is 0.162 e. The van der Waals surface area contributed by atoms with Crippen molar-refractivity contribution in [2.45, 2.75) is 25.9 Å². The fraction of sp³-hybridized carbons (Fsp3) is 0.300. The third-order valence-electron chi connectivity index (χ3n) is 4.68. The number of hydrogen-bond donors (Lipinski definition) is 0. The van der Waals surface area contributed by atoms with Gasteiger partial charge in [0.2, 0.25) is 0 Å². The number of ether oxygens (including phenoxy) is 2. The number of nitrogens with zero attached hydrogens (tertiary/aromatic N) is 1. The lowest BCUT2D eigenvalue weighted by Gasteiger charge is -2.22. The van der Waals surface area contributed by atoms with Gasteiger partial charge in [-0.1, -0.05) is 50.8 Å². The van der Waals surface area contributed by atoms with Crippen molar-refractivity contribution in [2.75, 3.05) is 19.1 Å². The molecule has 0 saturated carbocycles. The van der Waals surface area contributed by atoms with Crippen LogP contribution in [0.4, 0.5) is 5.69 Å². The first-order chi connectivity index (χ1) is 10.9. The van der Waals surface area contributed by atoms with Gasteiger partial charge in [-0.05, 0) is 17.2 Å². The van der Waals surface area contributed by atoms with Crippen molar-refractivity contribution in [1.82, 2.24) is 0 Å². The van der Waals surface area contributed by atoms with Crippen LogP contribution in [0.1, 0.15) is 25.0 Å². The molecule has 0 N–H and O–H groups in total. The highest BCUT2D eigenvalue weighted by Crippen LogP contribution is 2.50. The molecule has 0 spiro atoms. The summed E-state index contributed by atoms with van der Waals surface area (Å²) >= 11 is 0. The number of allylic oxidation sites excluding steroid dienone is 1. The Bertz CT molecular complexity index is 735. The van der Waals surface area contributed by atoms with Crippen molar-refractivity contribution in [3.05, 3.63) is 65.9 Å². The zero-order valence-corrected chi connectivity index (χ0v) is 14.2. The minimum Gasteiger partial charge on any atom is -0.493 e. The molecule has 3 rings (SSSR count). The van der Waals surface area contributed by atoms with E-state index < -0.39 is 0 Å². The van der Waals surface area contributed by atoms with Crippen LogP contribution < -0.4 is 14.4 Å². The molecule has 120 valence electrons. The summed E-state index contributed by atoms with van der Waals surface area (Å²) in [5, 5.41) is 0. The van der Waals surface area contributed by atoms with Gasteiger partial charge in [-0.2, -0.15) is 0 Å². The zero-order valence-electron chi connectivity index (χ0n) is 14.2. The monoisotopic (exact) mass is 309 g/mol. The smallest absolute Gasteiger partial charge is 0.162 e. The fourth-order valence-corrected chi connectivity index (χ4v) is 3.06. The molecule has 1 aliphatic rings. The molecule has 2 aromatic rings. The van der Waals surface area contributed by atoms with Crippen molar-refractivity contribution < 1.29 is 9.47 Å². The molecule has 0 aliphatic carbocycles. The van der Waals surface area contributed by atoms with Gasteiger partial charge < -0.3 is 14.4 Å². The molecule has 0 aromatic heterocycles. The van der Waals surface area contributed by atoms with Crippen molar-refractivity contribution >= 4 is 5.69 Å². The van der Waals surface area contributed by atoms with Gasteiger partial charge in [-0.3, -0.25) is 0 Å². The lowest BCUT2D eigenvalue weighted by atomic mass is 9.84. The molecular weight excluding hydrogens is 286 g/mol. The molecule has 3 nitrogen and oxygen atoms in total. The first kappa shape index (κ1) is 15.5. The van der Waals surface area contributed by atoms with Gasteiger partial charge in [0, 0.05) is 29.9 Å². The number of benzene rings is 2. The molecule has 0 bridgehead atoms. The standard InChI is InChI=1S/C20H23NO2/c1-14-20(2,3)16-11-19(18(22-5)12-17(16)21(14)4)23-13-15-9-7-6-8-10-15/h6-12H,1,13H2,2-5H3. The van der Waals surface area contributed by atoms with Crippen molar-refractivity contribution in [3.63, 3.8) is 0 Å². The number of fused-ring (bicyclic) bond motifs is 1. The fourth-order valence-electron chi connectivity index (χ4n) is 3.06. The normalized spacial score (nSPS) is 15.5. The van der Waals surface area contributed by atoms with Crippen LogP contribution in [0.3, 0.4) is 0 Å². The van der Waals surface area contributed by atoms with Crippen LogP contribution in [0.25, 0.3) is 0 Å². The Labute approximate surface area is 138 Å². The van der Waals surface area contributed by atoms with E-state index >= 15 is 0 Å². The zero-order chi connectivity index (χ0) is 16.6. The molecule has 1 aliphatic heterocycles. The lowest BCUT2D eigenvalue weighted by molar-refractivity contribution is 0.284. The van der Waals surface area contributed by atoms with Crippen molar-refractivity contribution in [2.24, 2.45) is 0 Å². The minimum atomic E-state index is -0.110. The molecule has 3 heteroatoms.